The van der Waals surface area contributed by atoms with Crippen molar-refractivity contribution in [3.8, 4) is 0 Å². The van der Waals surface area contributed by atoms with Crippen LogP contribution in [-0.2, 0) is 0 Å². The maximum Gasteiger partial charge on any atom is 0.193 e. The van der Waals surface area contributed by atoms with Crippen LogP contribution in [0.3, 0.4) is 0 Å². The number of aromatic nitrogens is 2. The van der Waals surface area contributed by atoms with E-state index in [1.807, 2.05) is 36.4 Å². The van der Waals surface area contributed by atoms with E-state index in [-0.39, 0.29) is 5.78 Å². The van der Waals surface area contributed by atoms with Gasteiger partial charge in [-0.15, -0.1) is 0 Å². The summed E-state index contributed by atoms with van der Waals surface area (Å²) < 4.78 is 0. The first-order valence-corrected chi connectivity index (χ1v) is 5.38. The molecule has 2 aromatic heterocycles. The number of carbonyl (C=O) groups is 1. The number of hydrogen-bond donors (Lipinski definition) is 1. The van der Waals surface area contributed by atoms with Crippen molar-refractivity contribution >= 4 is 16.8 Å². The maximum atomic E-state index is 12.3. The number of aromatic amines is 1. The molecule has 82 valence electrons. The predicted octanol–water partition coefficient (Wildman–Crippen LogP) is 2.79. The predicted molar refractivity (Wildman–Crippen MR) is 66.0 cm³/mol. The normalized spacial score (nSPS) is 10.6. The highest BCUT2D eigenvalue weighted by Gasteiger charge is 2.12. The molecule has 0 fully saturated rings. The van der Waals surface area contributed by atoms with Crippen molar-refractivity contribution in [1.29, 1.82) is 0 Å². The summed E-state index contributed by atoms with van der Waals surface area (Å²) in [6, 6.07) is 12.9. The Bertz CT molecular complexity index is 671. The third-order valence-electron chi connectivity index (χ3n) is 2.74. The van der Waals surface area contributed by atoms with Gasteiger partial charge in [-0.3, -0.25) is 4.79 Å². The second-order valence-electron chi connectivity index (χ2n) is 3.79. The van der Waals surface area contributed by atoms with E-state index >= 15 is 0 Å². The molecule has 0 aliphatic heterocycles. The minimum Gasteiger partial charge on any atom is -0.346 e. The number of fused-ring (bicyclic) bond motifs is 1. The molecule has 3 rings (SSSR count). The summed E-state index contributed by atoms with van der Waals surface area (Å²) in [6.07, 6.45) is 3.44. The molecular weight excluding hydrogens is 212 g/mol. The van der Waals surface area contributed by atoms with Gasteiger partial charge in [-0.05, 0) is 12.1 Å². The molecule has 3 nitrogen and oxygen atoms in total. The topological polar surface area (TPSA) is 45.8 Å². The fourth-order valence-electron chi connectivity index (χ4n) is 1.90. The molecule has 0 amide bonds. The van der Waals surface area contributed by atoms with E-state index in [4.69, 9.17) is 0 Å². The van der Waals surface area contributed by atoms with Crippen LogP contribution in [0, 0.1) is 0 Å². The lowest BCUT2D eigenvalue weighted by Crippen LogP contribution is -2.01. The first kappa shape index (κ1) is 9.78. The molecule has 1 N–H and O–H groups in total. The number of H-pyrrole nitrogens is 1. The molecule has 0 radical (unpaired) electrons. The van der Waals surface area contributed by atoms with Gasteiger partial charge in [0, 0.05) is 28.9 Å². The van der Waals surface area contributed by atoms with Crippen molar-refractivity contribution in [3.63, 3.8) is 0 Å². The highest BCUT2D eigenvalue weighted by molar-refractivity contribution is 6.15. The molecule has 1 aromatic carbocycles. The third-order valence-corrected chi connectivity index (χ3v) is 2.74. The van der Waals surface area contributed by atoms with E-state index in [1.54, 1.807) is 18.5 Å². The van der Waals surface area contributed by atoms with Crippen molar-refractivity contribution in [1.82, 2.24) is 9.97 Å². The van der Waals surface area contributed by atoms with Crippen LogP contribution in [0.4, 0.5) is 0 Å². The molecular formula is C14H10N2O. The minimum absolute atomic E-state index is 0.0256. The summed E-state index contributed by atoms with van der Waals surface area (Å²) in [4.78, 5) is 19.5. The summed E-state index contributed by atoms with van der Waals surface area (Å²) in [6.45, 7) is 0. The van der Waals surface area contributed by atoms with Gasteiger partial charge in [0.2, 0.25) is 0 Å². The fourth-order valence-corrected chi connectivity index (χ4v) is 1.90. The standard InChI is InChI=1S/C14H10N2O/c17-13(10-4-2-1-3-5-10)11-6-8-15-14-12(11)7-9-16-14/h1-9H,(H,15,16). The highest BCUT2D eigenvalue weighted by atomic mass is 16.1. The second kappa shape index (κ2) is 3.87. The van der Waals surface area contributed by atoms with Crippen LogP contribution in [0.15, 0.2) is 54.9 Å². The highest BCUT2D eigenvalue weighted by Crippen LogP contribution is 2.18. The Labute approximate surface area is 98.1 Å². The quantitative estimate of drug-likeness (QED) is 0.677. The molecule has 2 heterocycles. The van der Waals surface area contributed by atoms with Gasteiger partial charge in [-0.25, -0.2) is 4.98 Å². The van der Waals surface area contributed by atoms with Gasteiger partial charge in [0.05, 0.1) is 0 Å². The van der Waals surface area contributed by atoms with E-state index in [0.717, 1.165) is 11.0 Å². The SMILES string of the molecule is O=C(c1ccccc1)c1ccnc2[nH]ccc12. The van der Waals surface area contributed by atoms with Gasteiger partial charge < -0.3 is 4.98 Å². The second-order valence-corrected chi connectivity index (χ2v) is 3.79. The summed E-state index contributed by atoms with van der Waals surface area (Å²) in [5.41, 5.74) is 2.12. The smallest absolute Gasteiger partial charge is 0.193 e. The fraction of sp³-hybridized carbons (Fsp3) is 0. The largest absolute Gasteiger partial charge is 0.346 e. The number of nitrogens with zero attached hydrogens (tertiary/aromatic N) is 1. The molecule has 0 saturated carbocycles. The van der Waals surface area contributed by atoms with Crippen LogP contribution in [0.5, 0.6) is 0 Å². The van der Waals surface area contributed by atoms with Crippen molar-refractivity contribution in [3.05, 3.63) is 66.0 Å². The lowest BCUT2D eigenvalue weighted by Gasteiger charge is -2.02. The average molecular weight is 222 g/mol. The van der Waals surface area contributed by atoms with E-state index in [1.165, 1.54) is 0 Å². The number of carbonyl (C=O) groups excluding carboxylic acids is 1. The van der Waals surface area contributed by atoms with Gasteiger partial charge >= 0.3 is 0 Å². The molecule has 0 atom stereocenters. The number of rotatable bonds is 2. The zero-order valence-electron chi connectivity index (χ0n) is 9.05. The van der Waals surface area contributed by atoms with E-state index in [2.05, 4.69) is 9.97 Å². The lowest BCUT2D eigenvalue weighted by atomic mass is 10.0. The van der Waals surface area contributed by atoms with Gasteiger partial charge in [-0.1, -0.05) is 30.3 Å². The Morgan fingerprint density at radius 3 is 2.71 bits per heavy atom. The number of hydrogen-bond acceptors (Lipinski definition) is 2. The van der Waals surface area contributed by atoms with Crippen LogP contribution in [0.25, 0.3) is 11.0 Å². The van der Waals surface area contributed by atoms with Crippen molar-refractivity contribution in [2.45, 2.75) is 0 Å². The van der Waals surface area contributed by atoms with E-state index in [9.17, 15) is 4.79 Å². The summed E-state index contributed by atoms with van der Waals surface area (Å²) in [5.74, 6) is 0.0256. The van der Waals surface area contributed by atoms with Crippen LogP contribution in [0.2, 0.25) is 0 Å². The van der Waals surface area contributed by atoms with Crippen molar-refractivity contribution in [2.24, 2.45) is 0 Å². The number of ketones is 1. The summed E-state index contributed by atoms with van der Waals surface area (Å²) >= 11 is 0. The lowest BCUT2D eigenvalue weighted by molar-refractivity contribution is 0.104. The third kappa shape index (κ3) is 1.61. The van der Waals surface area contributed by atoms with Crippen LogP contribution < -0.4 is 0 Å². The number of nitrogens with one attached hydrogen (secondary N) is 1. The first-order valence-electron chi connectivity index (χ1n) is 5.38. The Morgan fingerprint density at radius 1 is 1.06 bits per heavy atom. The Hall–Kier alpha value is -2.42. The minimum atomic E-state index is 0.0256. The molecule has 0 bridgehead atoms. The molecule has 0 aliphatic rings. The molecule has 0 spiro atoms. The zero-order valence-corrected chi connectivity index (χ0v) is 9.05. The molecule has 3 heteroatoms. The number of pyridine rings is 1. The zero-order chi connectivity index (χ0) is 11.7. The van der Waals surface area contributed by atoms with Crippen molar-refractivity contribution in [2.75, 3.05) is 0 Å². The van der Waals surface area contributed by atoms with Crippen LogP contribution in [0.1, 0.15) is 15.9 Å². The number of benzene rings is 1. The van der Waals surface area contributed by atoms with Crippen LogP contribution in [-0.4, -0.2) is 15.8 Å². The summed E-state index contributed by atoms with van der Waals surface area (Å²) in [7, 11) is 0. The van der Waals surface area contributed by atoms with Gasteiger partial charge in [0.25, 0.3) is 0 Å². The summed E-state index contributed by atoms with van der Waals surface area (Å²) in [5, 5.41) is 0.862. The molecule has 0 unspecified atom stereocenters. The molecule has 0 aliphatic carbocycles. The van der Waals surface area contributed by atoms with Gasteiger partial charge in [0.1, 0.15) is 5.65 Å². The molecule has 17 heavy (non-hydrogen) atoms. The molecule has 3 aromatic rings. The van der Waals surface area contributed by atoms with Gasteiger partial charge in [0.15, 0.2) is 5.78 Å². The maximum absolute atomic E-state index is 12.3. The Morgan fingerprint density at radius 2 is 1.88 bits per heavy atom. The van der Waals surface area contributed by atoms with Gasteiger partial charge in [-0.2, -0.15) is 0 Å². The average Bonchev–Trinajstić information content (AvgIpc) is 2.87. The van der Waals surface area contributed by atoms with Crippen molar-refractivity contribution < 1.29 is 4.79 Å². The Kier molecular flexibility index (Phi) is 2.22. The van der Waals surface area contributed by atoms with Crippen LogP contribution >= 0.6 is 0 Å². The monoisotopic (exact) mass is 222 g/mol. The Balaban J connectivity index is 2.16. The first-order chi connectivity index (χ1) is 8.36. The van der Waals surface area contributed by atoms with E-state index in [0.29, 0.717) is 11.1 Å². The molecule has 0 saturated heterocycles. The van der Waals surface area contributed by atoms with E-state index < -0.39 is 0 Å².